The molecule has 0 aliphatic rings. The van der Waals surface area contributed by atoms with Crippen molar-refractivity contribution in [2.24, 2.45) is 5.92 Å². The van der Waals surface area contributed by atoms with Crippen molar-refractivity contribution in [2.45, 2.75) is 6.54 Å². The van der Waals surface area contributed by atoms with Gasteiger partial charge in [0.25, 0.3) is 0 Å². The van der Waals surface area contributed by atoms with Crippen LogP contribution in [0.25, 0.3) is 0 Å². The van der Waals surface area contributed by atoms with E-state index in [1.807, 2.05) is 18.2 Å². The van der Waals surface area contributed by atoms with E-state index in [4.69, 9.17) is 34.8 Å². The molecule has 146 valence electrons. The Balaban J connectivity index is 1.74. The number of benzene rings is 2. The number of nitrogens with zero attached hydrogens (tertiary/aromatic N) is 3. The average Bonchev–Trinajstić information content (AvgIpc) is 3.15. The normalized spacial score (nSPS) is 11.5. The predicted octanol–water partition coefficient (Wildman–Crippen LogP) is 4.85. The fourth-order valence-electron chi connectivity index (χ4n) is 2.58. The molecule has 0 fully saturated rings. The lowest BCUT2D eigenvalue weighted by Gasteiger charge is -2.10. The highest BCUT2D eigenvalue weighted by Gasteiger charge is 2.29. The molecule has 3 rings (SSSR count). The number of Topliss-reactive ketones (excluding diaryl/α,β-unsaturated/α-hetero) is 1. The molecule has 3 aromatic rings. The van der Waals surface area contributed by atoms with Crippen LogP contribution >= 0.6 is 34.8 Å². The van der Waals surface area contributed by atoms with Gasteiger partial charge in [-0.1, -0.05) is 53.0 Å². The van der Waals surface area contributed by atoms with Crippen molar-refractivity contribution in [3.05, 3.63) is 81.1 Å². The minimum absolute atomic E-state index is 0.140. The van der Waals surface area contributed by atoms with Gasteiger partial charge in [0.15, 0.2) is 11.7 Å². The summed E-state index contributed by atoms with van der Waals surface area (Å²) in [6, 6.07) is 13.4. The van der Waals surface area contributed by atoms with Gasteiger partial charge in [-0.25, -0.2) is 0 Å². The zero-order valence-electron chi connectivity index (χ0n) is 14.8. The lowest BCUT2D eigenvalue weighted by Crippen LogP contribution is -2.28. The fraction of sp³-hybridized carbons (Fsp3) is 0.100. The van der Waals surface area contributed by atoms with Crippen molar-refractivity contribution in [1.29, 1.82) is 5.26 Å². The third-order valence-corrected chi connectivity index (χ3v) is 4.97. The number of hydrogen-bond acceptors (Lipinski definition) is 4. The first kappa shape index (κ1) is 20.9. The summed E-state index contributed by atoms with van der Waals surface area (Å²) in [5.74, 6) is -3.01. The summed E-state index contributed by atoms with van der Waals surface area (Å²) in [5.41, 5.74) is 1.22. The van der Waals surface area contributed by atoms with Gasteiger partial charge in [0, 0.05) is 16.2 Å². The Bertz CT molecular complexity index is 1120. The predicted molar refractivity (Wildman–Crippen MR) is 111 cm³/mol. The van der Waals surface area contributed by atoms with Crippen molar-refractivity contribution in [2.75, 3.05) is 5.32 Å². The number of nitrogens with one attached hydrogen (secondary N) is 1. The van der Waals surface area contributed by atoms with E-state index in [0.717, 1.165) is 5.56 Å². The summed E-state index contributed by atoms with van der Waals surface area (Å²) in [6.45, 7) is 0.344. The smallest absolute Gasteiger partial charge is 0.249 e. The van der Waals surface area contributed by atoms with Gasteiger partial charge in [0.2, 0.25) is 5.91 Å². The number of ketones is 1. The molecule has 0 radical (unpaired) electrons. The van der Waals surface area contributed by atoms with Crippen molar-refractivity contribution >= 4 is 52.2 Å². The van der Waals surface area contributed by atoms with Gasteiger partial charge in [-0.2, -0.15) is 10.4 Å². The Morgan fingerprint density at radius 1 is 1.14 bits per heavy atom. The van der Waals surface area contributed by atoms with Crippen LogP contribution in [0.1, 0.15) is 15.9 Å². The second kappa shape index (κ2) is 9.10. The molecule has 1 atom stereocenters. The number of amides is 1. The highest BCUT2D eigenvalue weighted by molar-refractivity contribution is 6.36. The Labute approximate surface area is 181 Å². The lowest BCUT2D eigenvalue weighted by molar-refractivity contribution is -0.117. The Morgan fingerprint density at radius 2 is 1.90 bits per heavy atom. The van der Waals surface area contributed by atoms with E-state index in [9.17, 15) is 14.9 Å². The number of carbonyl (C=O) groups excluding carboxylic acids is 2. The number of nitriles is 1. The Kier molecular flexibility index (Phi) is 6.55. The molecule has 1 amide bonds. The van der Waals surface area contributed by atoms with E-state index in [2.05, 4.69) is 10.4 Å². The molecule has 9 heteroatoms. The first-order chi connectivity index (χ1) is 13.9. The van der Waals surface area contributed by atoms with Gasteiger partial charge < -0.3 is 5.32 Å². The maximum Gasteiger partial charge on any atom is 0.249 e. The van der Waals surface area contributed by atoms with Crippen LogP contribution in [-0.2, 0) is 11.3 Å². The van der Waals surface area contributed by atoms with Gasteiger partial charge >= 0.3 is 0 Å². The van der Waals surface area contributed by atoms with Crippen molar-refractivity contribution < 1.29 is 9.59 Å². The molecule has 1 aromatic heterocycles. The average molecular weight is 448 g/mol. The highest BCUT2D eigenvalue weighted by atomic mass is 35.5. The zero-order valence-corrected chi connectivity index (χ0v) is 17.0. The molecular weight excluding hydrogens is 435 g/mol. The first-order valence-corrected chi connectivity index (χ1v) is 9.48. The number of hydrogen-bond donors (Lipinski definition) is 1. The molecule has 0 aliphatic carbocycles. The molecule has 0 saturated heterocycles. The third kappa shape index (κ3) is 4.96. The summed E-state index contributed by atoms with van der Waals surface area (Å²) >= 11 is 18.0. The van der Waals surface area contributed by atoms with Crippen LogP contribution in [0, 0.1) is 17.2 Å². The van der Waals surface area contributed by atoms with Crippen LogP contribution in [0.3, 0.4) is 0 Å². The topological polar surface area (TPSA) is 87.8 Å². The van der Waals surface area contributed by atoms with Crippen LogP contribution in [-0.4, -0.2) is 21.5 Å². The Hall–Kier alpha value is -2.85. The summed E-state index contributed by atoms with van der Waals surface area (Å²) in [7, 11) is 0. The van der Waals surface area contributed by atoms with Gasteiger partial charge in [-0.05, 0) is 29.8 Å². The van der Waals surface area contributed by atoms with E-state index < -0.39 is 17.6 Å². The third-order valence-electron chi connectivity index (χ3n) is 4.05. The van der Waals surface area contributed by atoms with Gasteiger partial charge in [-0.3, -0.25) is 14.3 Å². The highest BCUT2D eigenvalue weighted by Crippen LogP contribution is 2.26. The number of rotatable bonds is 6. The molecule has 1 unspecified atom stereocenters. The Morgan fingerprint density at radius 3 is 2.59 bits per heavy atom. The lowest BCUT2D eigenvalue weighted by atomic mass is 10.0. The molecule has 0 bridgehead atoms. The largest absolute Gasteiger partial charge is 0.323 e. The molecule has 1 N–H and O–H groups in total. The summed E-state index contributed by atoms with van der Waals surface area (Å²) < 4.78 is 1.51. The molecule has 29 heavy (non-hydrogen) atoms. The van der Waals surface area contributed by atoms with Crippen LogP contribution in [0.4, 0.5) is 5.69 Å². The fourth-order valence-corrected chi connectivity index (χ4v) is 3.23. The van der Waals surface area contributed by atoms with Gasteiger partial charge in [0.1, 0.15) is 0 Å². The van der Waals surface area contributed by atoms with Crippen molar-refractivity contribution in [3.8, 4) is 6.07 Å². The molecular formula is C20H13Cl3N4O2. The van der Waals surface area contributed by atoms with Crippen molar-refractivity contribution in [1.82, 2.24) is 9.78 Å². The quantitative estimate of drug-likeness (QED) is 0.432. The summed E-state index contributed by atoms with van der Waals surface area (Å²) in [5, 5.41) is 17.1. The molecule has 2 aromatic carbocycles. The summed E-state index contributed by atoms with van der Waals surface area (Å²) in [4.78, 5) is 25.1. The van der Waals surface area contributed by atoms with E-state index in [0.29, 0.717) is 16.6 Å². The molecule has 0 spiro atoms. The molecule has 6 nitrogen and oxygen atoms in total. The first-order valence-electron chi connectivity index (χ1n) is 8.34. The maximum absolute atomic E-state index is 12.7. The summed E-state index contributed by atoms with van der Waals surface area (Å²) in [6.07, 6.45) is 2.78. The van der Waals surface area contributed by atoms with E-state index >= 15 is 0 Å². The minimum atomic E-state index is -1.56. The minimum Gasteiger partial charge on any atom is -0.323 e. The van der Waals surface area contributed by atoms with E-state index in [1.54, 1.807) is 12.1 Å². The maximum atomic E-state index is 12.7. The van der Waals surface area contributed by atoms with Crippen LogP contribution in [0.5, 0.6) is 0 Å². The van der Waals surface area contributed by atoms with E-state index in [-0.39, 0.29) is 16.3 Å². The number of carbonyl (C=O) groups is 2. The number of halogens is 3. The standard InChI is InChI=1S/C20H13Cl3N4O2/c21-14-5-6-18(17(23)7-14)26-20(29)15(8-24)19(28)13-9-25-27(11-13)10-12-3-1-2-4-16(12)22/h1-7,9,11,15H,10H2,(H,26,29). The molecule has 1 heterocycles. The molecule has 0 aliphatic heterocycles. The van der Waals surface area contributed by atoms with E-state index in [1.165, 1.54) is 35.3 Å². The second-order valence-electron chi connectivity index (χ2n) is 6.06. The zero-order chi connectivity index (χ0) is 21.0. The monoisotopic (exact) mass is 446 g/mol. The van der Waals surface area contributed by atoms with Crippen LogP contribution < -0.4 is 5.32 Å². The van der Waals surface area contributed by atoms with Crippen LogP contribution in [0.15, 0.2) is 54.9 Å². The van der Waals surface area contributed by atoms with Gasteiger partial charge in [0.05, 0.1) is 35.1 Å². The van der Waals surface area contributed by atoms with Gasteiger partial charge in [-0.15, -0.1) is 0 Å². The SMILES string of the molecule is N#CC(C(=O)Nc1ccc(Cl)cc1Cl)C(=O)c1cnn(Cc2ccccc2Cl)c1. The van der Waals surface area contributed by atoms with Crippen molar-refractivity contribution in [3.63, 3.8) is 0 Å². The van der Waals surface area contributed by atoms with Crippen LogP contribution in [0.2, 0.25) is 15.1 Å². The number of anilines is 1. The second-order valence-corrected chi connectivity index (χ2v) is 7.31. The number of aromatic nitrogens is 2. The molecule has 0 saturated carbocycles.